The summed E-state index contributed by atoms with van der Waals surface area (Å²) >= 11 is 0. The SMILES string of the molecule is C[C@H]1c2ccccc2O[C@H]1C(=O)N(C)C1CCN(C(=O)OC(C)(C)C)CC1. The summed E-state index contributed by atoms with van der Waals surface area (Å²) < 4.78 is 11.4. The van der Waals surface area contributed by atoms with E-state index in [-0.39, 0.29) is 24.0 Å². The van der Waals surface area contributed by atoms with Gasteiger partial charge >= 0.3 is 6.09 Å². The van der Waals surface area contributed by atoms with Crippen LogP contribution in [-0.4, -0.2) is 59.7 Å². The minimum absolute atomic E-state index is 0.00872. The maximum Gasteiger partial charge on any atom is 0.410 e. The summed E-state index contributed by atoms with van der Waals surface area (Å²) in [5, 5.41) is 0. The van der Waals surface area contributed by atoms with Gasteiger partial charge in [0.2, 0.25) is 0 Å². The second-order valence-corrected chi connectivity index (χ2v) is 8.51. The Morgan fingerprint density at radius 2 is 1.81 bits per heavy atom. The van der Waals surface area contributed by atoms with Crippen molar-refractivity contribution in [2.45, 2.75) is 64.2 Å². The van der Waals surface area contributed by atoms with Crippen molar-refractivity contribution in [3.8, 4) is 5.75 Å². The molecule has 2 amide bonds. The number of benzene rings is 1. The fourth-order valence-electron chi connectivity index (χ4n) is 3.77. The Morgan fingerprint density at radius 3 is 2.41 bits per heavy atom. The van der Waals surface area contributed by atoms with Crippen LogP contribution in [0.15, 0.2) is 24.3 Å². The second-order valence-electron chi connectivity index (χ2n) is 8.51. The molecule has 1 aromatic rings. The third kappa shape index (κ3) is 4.20. The van der Waals surface area contributed by atoms with Crippen LogP contribution in [0.3, 0.4) is 0 Å². The minimum Gasteiger partial charge on any atom is -0.480 e. The Kier molecular flexibility index (Phi) is 5.36. The van der Waals surface area contributed by atoms with Gasteiger partial charge in [0.1, 0.15) is 11.4 Å². The third-order valence-corrected chi connectivity index (χ3v) is 5.37. The molecule has 0 radical (unpaired) electrons. The lowest BCUT2D eigenvalue weighted by molar-refractivity contribution is -0.140. The Morgan fingerprint density at radius 1 is 1.19 bits per heavy atom. The van der Waals surface area contributed by atoms with Crippen LogP contribution >= 0.6 is 0 Å². The lowest BCUT2D eigenvalue weighted by Gasteiger charge is -2.38. The van der Waals surface area contributed by atoms with Crippen molar-refractivity contribution >= 4 is 12.0 Å². The molecule has 27 heavy (non-hydrogen) atoms. The monoisotopic (exact) mass is 374 g/mol. The van der Waals surface area contributed by atoms with E-state index in [1.54, 1.807) is 9.80 Å². The summed E-state index contributed by atoms with van der Waals surface area (Å²) in [5.74, 6) is 0.851. The number of piperidine rings is 1. The Hall–Kier alpha value is -2.24. The molecule has 0 aliphatic carbocycles. The maximum absolute atomic E-state index is 13.0. The predicted octanol–water partition coefficient (Wildman–Crippen LogP) is 3.41. The smallest absolute Gasteiger partial charge is 0.410 e. The Balaban J connectivity index is 1.56. The summed E-state index contributed by atoms with van der Waals surface area (Å²) in [4.78, 5) is 28.8. The van der Waals surface area contributed by atoms with E-state index in [0.717, 1.165) is 24.2 Å². The van der Waals surface area contributed by atoms with E-state index in [2.05, 4.69) is 0 Å². The van der Waals surface area contributed by atoms with E-state index in [0.29, 0.717) is 13.1 Å². The molecule has 1 aromatic carbocycles. The van der Waals surface area contributed by atoms with Gasteiger partial charge in [-0.2, -0.15) is 0 Å². The van der Waals surface area contributed by atoms with Crippen molar-refractivity contribution in [2.24, 2.45) is 0 Å². The van der Waals surface area contributed by atoms with Crippen LogP contribution in [-0.2, 0) is 9.53 Å². The Labute approximate surface area is 161 Å². The van der Waals surface area contributed by atoms with Crippen LogP contribution in [0.1, 0.15) is 52.0 Å². The number of hydrogen-bond acceptors (Lipinski definition) is 4. The molecule has 0 bridgehead atoms. The van der Waals surface area contributed by atoms with Crippen molar-refractivity contribution < 1.29 is 19.1 Å². The average Bonchev–Trinajstić information content (AvgIpc) is 2.96. The van der Waals surface area contributed by atoms with Crippen molar-refractivity contribution in [2.75, 3.05) is 20.1 Å². The number of likely N-dealkylation sites (N-methyl/N-ethyl adjacent to an activating group) is 1. The molecule has 0 spiro atoms. The minimum atomic E-state index is -0.494. The molecule has 0 saturated carbocycles. The number of nitrogens with zero attached hydrogens (tertiary/aromatic N) is 2. The number of amides is 2. The van der Waals surface area contributed by atoms with Crippen LogP contribution in [0, 0.1) is 0 Å². The first-order valence-electron chi connectivity index (χ1n) is 9.67. The van der Waals surface area contributed by atoms with Crippen LogP contribution in [0.2, 0.25) is 0 Å². The van der Waals surface area contributed by atoms with Gasteiger partial charge in [-0.1, -0.05) is 25.1 Å². The second kappa shape index (κ2) is 7.41. The number of carbonyl (C=O) groups is 2. The third-order valence-electron chi connectivity index (χ3n) is 5.37. The fourth-order valence-corrected chi connectivity index (χ4v) is 3.77. The predicted molar refractivity (Wildman–Crippen MR) is 103 cm³/mol. The molecule has 2 aliphatic heterocycles. The van der Waals surface area contributed by atoms with E-state index in [1.165, 1.54) is 0 Å². The number of ether oxygens (including phenoxy) is 2. The maximum atomic E-state index is 13.0. The summed E-state index contributed by atoms with van der Waals surface area (Å²) in [5.41, 5.74) is 0.593. The van der Waals surface area contributed by atoms with Crippen molar-refractivity contribution in [1.29, 1.82) is 0 Å². The number of carbonyl (C=O) groups excluding carboxylic acids is 2. The largest absolute Gasteiger partial charge is 0.480 e. The zero-order valence-electron chi connectivity index (χ0n) is 16.9. The summed E-state index contributed by atoms with van der Waals surface area (Å²) in [6.45, 7) is 8.82. The topological polar surface area (TPSA) is 59.1 Å². The first kappa shape index (κ1) is 19.5. The number of hydrogen-bond donors (Lipinski definition) is 0. The standard InChI is InChI=1S/C21H30N2O4/c1-14-16-8-6-7-9-17(16)26-18(14)19(24)22(5)15-10-12-23(13-11-15)20(25)27-21(2,3)4/h6-9,14-15,18H,10-13H2,1-5H3/t14-,18+/m0/s1. The van der Waals surface area contributed by atoms with Crippen molar-refractivity contribution in [3.05, 3.63) is 29.8 Å². The van der Waals surface area contributed by atoms with E-state index in [9.17, 15) is 9.59 Å². The highest BCUT2D eigenvalue weighted by Crippen LogP contribution is 2.38. The molecule has 3 rings (SSSR count). The van der Waals surface area contributed by atoms with Crippen LogP contribution in [0.25, 0.3) is 0 Å². The molecule has 1 fully saturated rings. The van der Waals surface area contributed by atoms with Crippen molar-refractivity contribution in [3.63, 3.8) is 0 Å². The highest BCUT2D eigenvalue weighted by Gasteiger charge is 2.40. The number of rotatable bonds is 2. The molecule has 2 heterocycles. The molecular weight excluding hydrogens is 344 g/mol. The van der Waals surface area contributed by atoms with E-state index >= 15 is 0 Å². The van der Waals surface area contributed by atoms with Gasteiger partial charge in [-0.25, -0.2) is 4.79 Å². The molecule has 1 saturated heterocycles. The summed E-state index contributed by atoms with van der Waals surface area (Å²) in [7, 11) is 1.84. The molecule has 2 aliphatic rings. The summed E-state index contributed by atoms with van der Waals surface area (Å²) in [6, 6.07) is 7.94. The van der Waals surface area contributed by atoms with Gasteiger partial charge in [-0.05, 0) is 39.7 Å². The van der Waals surface area contributed by atoms with Gasteiger partial charge in [-0.15, -0.1) is 0 Å². The quantitative estimate of drug-likeness (QED) is 0.796. The molecule has 0 N–H and O–H groups in total. The van der Waals surface area contributed by atoms with Gasteiger partial charge in [-0.3, -0.25) is 4.79 Å². The zero-order valence-corrected chi connectivity index (χ0v) is 16.9. The molecule has 2 atom stereocenters. The molecular formula is C21H30N2O4. The fraction of sp³-hybridized carbons (Fsp3) is 0.619. The van der Waals surface area contributed by atoms with Gasteiger partial charge in [0, 0.05) is 37.7 Å². The molecule has 148 valence electrons. The van der Waals surface area contributed by atoms with Crippen LogP contribution in [0.4, 0.5) is 4.79 Å². The zero-order chi connectivity index (χ0) is 19.8. The first-order chi connectivity index (χ1) is 12.7. The number of para-hydroxylation sites is 1. The van der Waals surface area contributed by atoms with Gasteiger partial charge in [0.25, 0.3) is 5.91 Å². The number of likely N-dealkylation sites (tertiary alicyclic amines) is 1. The molecule has 0 aromatic heterocycles. The van der Waals surface area contributed by atoms with E-state index in [1.807, 2.05) is 59.0 Å². The van der Waals surface area contributed by atoms with E-state index < -0.39 is 11.7 Å². The first-order valence-corrected chi connectivity index (χ1v) is 9.67. The number of fused-ring (bicyclic) bond motifs is 1. The average molecular weight is 374 g/mol. The normalized spacial score (nSPS) is 22.8. The highest BCUT2D eigenvalue weighted by atomic mass is 16.6. The van der Waals surface area contributed by atoms with Gasteiger partial charge < -0.3 is 19.3 Å². The van der Waals surface area contributed by atoms with Crippen LogP contribution in [0.5, 0.6) is 5.75 Å². The molecule has 6 heteroatoms. The molecule has 6 nitrogen and oxygen atoms in total. The lowest BCUT2D eigenvalue weighted by Crippen LogP contribution is -2.51. The molecule has 0 unspecified atom stereocenters. The summed E-state index contributed by atoms with van der Waals surface area (Å²) in [6.07, 6.45) is 0.736. The van der Waals surface area contributed by atoms with E-state index in [4.69, 9.17) is 9.47 Å². The lowest BCUT2D eigenvalue weighted by atomic mass is 9.95. The van der Waals surface area contributed by atoms with Crippen molar-refractivity contribution in [1.82, 2.24) is 9.80 Å². The highest BCUT2D eigenvalue weighted by molar-refractivity contribution is 5.83. The Bertz CT molecular complexity index is 704. The van der Waals surface area contributed by atoms with Gasteiger partial charge in [0.05, 0.1) is 0 Å². The van der Waals surface area contributed by atoms with Crippen LogP contribution < -0.4 is 4.74 Å². The van der Waals surface area contributed by atoms with Gasteiger partial charge in [0.15, 0.2) is 6.10 Å².